The molecule has 0 spiro atoms. The van der Waals surface area contributed by atoms with Crippen LogP contribution in [0.4, 0.5) is 0 Å². The lowest BCUT2D eigenvalue weighted by Gasteiger charge is -2.11. The van der Waals surface area contributed by atoms with Crippen molar-refractivity contribution in [2.24, 2.45) is 5.92 Å². The van der Waals surface area contributed by atoms with E-state index < -0.39 is 17.6 Å². The first-order valence-corrected chi connectivity index (χ1v) is 7.09. The molecule has 2 rings (SSSR count). The molecule has 1 unspecified atom stereocenters. The van der Waals surface area contributed by atoms with Crippen LogP contribution in [0.3, 0.4) is 0 Å². The van der Waals surface area contributed by atoms with Crippen molar-refractivity contribution in [1.82, 2.24) is 5.32 Å². The maximum Gasteiger partial charge on any atom is 0.245 e. The van der Waals surface area contributed by atoms with E-state index in [1.165, 1.54) is 0 Å². The number of Topliss-reactive ketones (excluding diaryl/α,β-unsaturated/α-hetero) is 1. The number of nitrogens with zero attached hydrogens (tertiary/aromatic N) is 1. The summed E-state index contributed by atoms with van der Waals surface area (Å²) in [5, 5.41) is 12.6. The fraction of sp³-hybridized carbons (Fsp3) is 0.353. The number of hydrogen-bond donors (Lipinski definition) is 1. The fourth-order valence-electron chi connectivity index (χ4n) is 2.35. The number of rotatable bonds is 4. The number of benzene rings is 1. The molecule has 0 aliphatic heterocycles. The molecule has 0 bridgehead atoms. The van der Waals surface area contributed by atoms with E-state index in [-0.39, 0.29) is 11.8 Å². The highest BCUT2D eigenvalue weighted by Crippen LogP contribution is 2.29. The van der Waals surface area contributed by atoms with Gasteiger partial charge in [0.05, 0.1) is 6.07 Å². The Morgan fingerprint density at radius 2 is 1.95 bits per heavy atom. The zero-order valence-corrected chi connectivity index (χ0v) is 13.1. The lowest BCUT2D eigenvalue weighted by Crippen LogP contribution is -2.38. The number of amides is 1. The molecule has 1 aromatic heterocycles. The Morgan fingerprint density at radius 1 is 1.27 bits per heavy atom. The summed E-state index contributed by atoms with van der Waals surface area (Å²) in [6, 6.07) is 7.24. The van der Waals surface area contributed by atoms with E-state index >= 15 is 0 Å². The quantitative estimate of drug-likeness (QED) is 0.695. The van der Waals surface area contributed by atoms with E-state index in [2.05, 4.69) is 5.32 Å². The number of para-hydroxylation sites is 1. The average molecular weight is 298 g/mol. The summed E-state index contributed by atoms with van der Waals surface area (Å²) >= 11 is 0. The number of nitrogens with one attached hydrogen (secondary N) is 1. The predicted octanol–water partition coefficient (Wildman–Crippen LogP) is 2.90. The molecule has 0 saturated heterocycles. The summed E-state index contributed by atoms with van der Waals surface area (Å²) < 4.78 is 5.65. The van der Waals surface area contributed by atoms with Gasteiger partial charge < -0.3 is 9.73 Å². The Bertz CT molecular complexity index is 781. The maximum absolute atomic E-state index is 12.5. The summed E-state index contributed by atoms with van der Waals surface area (Å²) in [5.41, 5.74) is 2.17. The summed E-state index contributed by atoms with van der Waals surface area (Å²) in [7, 11) is 0. The van der Waals surface area contributed by atoms with Crippen molar-refractivity contribution in [1.29, 1.82) is 5.26 Å². The largest absolute Gasteiger partial charge is 0.452 e. The molecule has 5 heteroatoms. The van der Waals surface area contributed by atoms with Gasteiger partial charge in [-0.25, -0.2) is 0 Å². The van der Waals surface area contributed by atoms with Crippen LogP contribution in [0.25, 0.3) is 11.0 Å². The van der Waals surface area contributed by atoms with Crippen LogP contribution in [0.5, 0.6) is 0 Å². The third kappa shape index (κ3) is 2.73. The molecular weight excluding hydrogens is 280 g/mol. The van der Waals surface area contributed by atoms with Crippen molar-refractivity contribution < 1.29 is 14.0 Å². The zero-order chi connectivity index (χ0) is 16.4. The highest BCUT2D eigenvalue weighted by molar-refractivity contribution is 6.13. The van der Waals surface area contributed by atoms with Crippen molar-refractivity contribution in [3.8, 4) is 6.07 Å². The zero-order valence-electron chi connectivity index (χ0n) is 13.1. The van der Waals surface area contributed by atoms with Crippen LogP contribution < -0.4 is 5.32 Å². The Balaban J connectivity index is 2.45. The lowest BCUT2D eigenvalue weighted by atomic mass is 9.99. The van der Waals surface area contributed by atoms with Crippen LogP contribution in [-0.4, -0.2) is 17.7 Å². The Morgan fingerprint density at radius 3 is 2.50 bits per heavy atom. The molecule has 0 saturated carbocycles. The second-order valence-electron chi connectivity index (χ2n) is 5.60. The van der Waals surface area contributed by atoms with Crippen molar-refractivity contribution in [3.05, 3.63) is 35.1 Å². The number of nitriles is 1. The first-order valence-electron chi connectivity index (χ1n) is 7.09. The van der Waals surface area contributed by atoms with Gasteiger partial charge in [-0.1, -0.05) is 18.2 Å². The number of hydrogen-bond acceptors (Lipinski definition) is 4. The van der Waals surface area contributed by atoms with E-state index in [4.69, 9.17) is 4.42 Å². The Hall–Kier alpha value is -2.61. The van der Waals surface area contributed by atoms with Crippen LogP contribution >= 0.6 is 0 Å². The molecule has 0 radical (unpaired) electrons. The van der Waals surface area contributed by atoms with Gasteiger partial charge in [-0.3, -0.25) is 9.59 Å². The second kappa shape index (κ2) is 6.02. The first kappa shape index (κ1) is 15.8. The number of fused-ring (bicyclic) bond motifs is 1. The minimum atomic E-state index is -1.40. The first-order chi connectivity index (χ1) is 10.4. The second-order valence-corrected chi connectivity index (χ2v) is 5.60. The molecule has 1 N–H and O–H groups in total. The lowest BCUT2D eigenvalue weighted by molar-refractivity contribution is -0.122. The topological polar surface area (TPSA) is 83.1 Å². The van der Waals surface area contributed by atoms with Crippen LogP contribution in [0.2, 0.25) is 0 Å². The standard InChI is InChI=1S/C17H18N2O3/c1-9(2)19-17(21)13(8-18)14(20)16-11(4)12-7-5-6-10(3)15(12)22-16/h5-7,9,13H,1-4H3,(H,19,21). The van der Waals surface area contributed by atoms with Crippen molar-refractivity contribution in [3.63, 3.8) is 0 Å². The van der Waals surface area contributed by atoms with Gasteiger partial charge in [-0.15, -0.1) is 0 Å². The molecule has 114 valence electrons. The van der Waals surface area contributed by atoms with Gasteiger partial charge in [0, 0.05) is 17.0 Å². The molecule has 0 aliphatic rings. The van der Waals surface area contributed by atoms with Crippen molar-refractivity contribution in [2.75, 3.05) is 0 Å². The monoisotopic (exact) mass is 298 g/mol. The van der Waals surface area contributed by atoms with Gasteiger partial charge in [-0.05, 0) is 33.3 Å². The number of carbonyl (C=O) groups excluding carboxylic acids is 2. The average Bonchev–Trinajstić information content (AvgIpc) is 2.78. The molecule has 1 amide bonds. The molecule has 0 aliphatic carbocycles. The van der Waals surface area contributed by atoms with E-state index in [0.29, 0.717) is 11.1 Å². The summed E-state index contributed by atoms with van der Waals surface area (Å²) in [4.78, 5) is 24.5. The van der Waals surface area contributed by atoms with E-state index in [9.17, 15) is 14.9 Å². The smallest absolute Gasteiger partial charge is 0.245 e. The minimum Gasteiger partial charge on any atom is -0.452 e. The van der Waals surface area contributed by atoms with Gasteiger partial charge in [0.25, 0.3) is 0 Å². The predicted molar refractivity (Wildman–Crippen MR) is 82.4 cm³/mol. The SMILES string of the molecule is Cc1c(C(=O)C(C#N)C(=O)NC(C)C)oc2c(C)cccc12. The Kier molecular flexibility index (Phi) is 4.32. The number of carbonyl (C=O) groups is 2. The molecule has 22 heavy (non-hydrogen) atoms. The molecule has 1 aromatic carbocycles. The third-order valence-corrected chi connectivity index (χ3v) is 3.47. The summed E-state index contributed by atoms with van der Waals surface area (Å²) in [5.74, 6) is -2.52. The highest BCUT2D eigenvalue weighted by Gasteiger charge is 2.32. The van der Waals surface area contributed by atoms with E-state index in [1.807, 2.05) is 25.1 Å². The maximum atomic E-state index is 12.5. The van der Waals surface area contributed by atoms with Crippen LogP contribution in [0.1, 0.15) is 35.5 Å². The van der Waals surface area contributed by atoms with E-state index in [1.54, 1.807) is 26.8 Å². The fourth-order valence-corrected chi connectivity index (χ4v) is 2.35. The van der Waals surface area contributed by atoms with Crippen LogP contribution in [0.15, 0.2) is 22.6 Å². The summed E-state index contributed by atoms with van der Waals surface area (Å²) in [6.45, 7) is 7.18. The number of aryl methyl sites for hydroxylation is 2. The highest BCUT2D eigenvalue weighted by atomic mass is 16.3. The molecule has 1 heterocycles. The van der Waals surface area contributed by atoms with Crippen molar-refractivity contribution in [2.45, 2.75) is 33.7 Å². The summed E-state index contributed by atoms with van der Waals surface area (Å²) in [6.07, 6.45) is 0. The number of furan rings is 1. The molecule has 5 nitrogen and oxygen atoms in total. The van der Waals surface area contributed by atoms with E-state index in [0.717, 1.165) is 10.9 Å². The van der Waals surface area contributed by atoms with Gasteiger partial charge in [-0.2, -0.15) is 5.26 Å². The molecule has 1 atom stereocenters. The van der Waals surface area contributed by atoms with Gasteiger partial charge >= 0.3 is 0 Å². The van der Waals surface area contributed by atoms with Crippen molar-refractivity contribution >= 4 is 22.7 Å². The molecule has 2 aromatic rings. The number of ketones is 1. The minimum absolute atomic E-state index is 0.0785. The third-order valence-electron chi connectivity index (χ3n) is 3.47. The van der Waals surface area contributed by atoms with Gasteiger partial charge in [0.1, 0.15) is 5.58 Å². The Labute approximate surface area is 128 Å². The molecule has 0 fully saturated rings. The van der Waals surface area contributed by atoms with Gasteiger partial charge in [0.2, 0.25) is 11.7 Å². The van der Waals surface area contributed by atoms with Crippen LogP contribution in [-0.2, 0) is 4.79 Å². The normalized spacial score (nSPS) is 12.2. The molecular formula is C17H18N2O3. The van der Waals surface area contributed by atoms with Crippen LogP contribution in [0, 0.1) is 31.1 Å². The van der Waals surface area contributed by atoms with Gasteiger partial charge in [0.15, 0.2) is 11.7 Å².